The number of ether oxygens (including phenoxy) is 1. The monoisotopic (exact) mass is 319 g/mol. The van der Waals surface area contributed by atoms with E-state index in [9.17, 15) is 4.79 Å². The van der Waals surface area contributed by atoms with Crippen molar-refractivity contribution in [2.75, 3.05) is 27.2 Å². The van der Waals surface area contributed by atoms with E-state index in [1.54, 1.807) is 0 Å². The van der Waals surface area contributed by atoms with Crippen LogP contribution in [0.2, 0.25) is 0 Å². The van der Waals surface area contributed by atoms with Crippen LogP contribution in [-0.2, 0) is 4.79 Å². The summed E-state index contributed by atoms with van der Waals surface area (Å²) < 4.78 is 5.73. The molecule has 1 aromatic carbocycles. The minimum Gasteiger partial charge on any atom is -0.492 e. The third-order valence-corrected chi connectivity index (χ3v) is 4.77. The molecule has 1 aliphatic carbocycles. The molecule has 2 rings (SSSR count). The Morgan fingerprint density at radius 2 is 1.83 bits per heavy atom. The zero-order valence-corrected chi connectivity index (χ0v) is 14.3. The Hall–Kier alpha value is -1.55. The van der Waals surface area contributed by atoms with Gasteiger partial charge in [-0.2, -0.15) is 0 Å². The molecule has 1 N–H and O–H groups in total. The van der Waals surface area contributed by atoms with Gasteiger partial charge in [0.1, 0.15) is 12.4 Å². The minimum atomic E-state index is -0.669. The van der Waals surface area contributed by atoms with Crippen molar-refractivity contribution in [3.8, 4) is 5.75 Å². The van der Waals surface area contributed by atoms with Gasteiger partial charge in [-0.3, -0.25) is 4.79 Å². The number of carboxylic acid groups (broad SMARTS) is 1. The van der Waals surface area contributed by atoms with Crippen LogP contribution in [0.15, 0.2) is 24.3 Å². The van der Waals surface area contributed by atoms with E-state index in [-0.39, 0.29) is 0 Å². The molecule has 0 unspecified atom stereocenters. The highest BCUT2D eigenvalue weighted by Gasteiger charge is 2.22. The smallest absolute Gasteiger partial charge is 0.303 e. The Morgan fingerprint density at radius 3 is 2.39 bits per heavy atom. The number of benzene rings is 1. The summed E-state index contributed by atoms with van der Waals surface area (Å²) in [6, 6.07) is 8.52. The van der Waals surface area contributed by atoms with Crippen molar-refractivity contribution in [3.05, 3.63) is 29.8 Å². The van der Waals surface area contributed by atoms with Crippen LogP contribution in [0.25, 0.3) is 0 Å². The summed E-state index contributed by atoms with van der Waals surface area (Å²) in [7, 11) is 4.08. The van der Waals surface area contributed by atoms with Crippen LogP contribution in [0, 0.1) is 5.92 Å². The molecular weight excluding hydrogens is 290 g/mol. The molecule has 1 fully saturated rings. The molecular formula is C19H29NO3. The van der Waals surface area contributed by atoms with E-state index in [0.29, 0.717) is 24.9 Å². The molecule has 1 aromatic rings. The van der Waals surface area contributed by atoms with Gasteiger partial charge < -0.3 is 14.7 Å². The fourth-order valence-corrected chi connectivity index (χ4v) is 3.29. The summed E-state index contributed by atoms with van der Waals surface area (Å²) in [5.74, 6) is 1.48. The second-order valence-corrected chi connectivity index (χ2v) is 6.87. The first kappa shape index (κ1) is 17.8. The zero-order chi connectivity index (χ0) is 16.7. The van der Waals surface area contributed by atoms with Crippen LogP contribution in [0.5, 0.6) is 5.75 Å². The summed E-state index contributed by atoms with van der Waals surface area (Å²) in [6.45, 7) is 1.63. The maximum Gasteiger partial charge on any atom is 0.303 e. The Kier molecular flexibility index (Phi) is 6.90. The average molecular weight is 319 g/mol. The van der Waals surface area contributed by atoms with Gasteiger partial charge in [0.15, 0.2) is 0 Å². The van der Waals surface area contributed by atoms with Crippen molar-refractivity contribution in [2.24, 2.45) is 5.92 Å². The lowest BCUT2D eigenvalue weighted by Crippen LogP contribution is -2.19. The maximum absolute atomic E-state index is 10.7. The van der Waals surface area contributed by atoms with E-state index in [1.165, 1.54) is 18.4 Å². The fourth-order valence-electron chi connectivity index (χ4n) is 3.29. The van der Waals surface area contributed by atoms with Crippen LogP contribution < -0.4 is 4.74 Å². The third-order valence-electron chi connectivity index (χ3n) is 4.77. The molecule has 0 saturated heterocycles. The fraction of sp³-hybridized carbons (Fsp3) is 0.632. The molecule has 0 aromatic heterocycles. The number of aliphatic carboxylic acids is 1. The van der Waals surface area contributed by atoms with Crippen molar-refractivity contribution < 1.29 is 14.6 Å². The largest absolute Gasteiger partial charge is 0.492 e. The second kappa shape index (κ2) is 8.92. The predicted octanol–water partition coefficient (Wildman–Crippen LogP) is 3.77. The van der Waals surface area contributed by atoms with E-state index in [4.69, 9.17) is 9.84 Å². The van der Waals surface area contributed by atoms with Gasteiger partial charge >= 0.3 is 5.97 Å². The van der Waals surface area contributed by atoms with Gasteiger partial charge in [0, 0.05) is 13.0 Å². The lowest BCUT2D eigenvalue weighted by Gasteiger charge is -2.28. The van der Waals surface area contributed by atoms with Gasteiger partial charge in [-0.25, -0.2) is 0 Å². The number of likely N-dealkylation sites (N-methyl/N-ethyl adjacent to an activating group) is 1. The molecule has 0 atom stereocenters. The highest BCUT2D eigenvalue weighted by atomic mass is 16.5. The quantitative estimate of drug-likeness (QED) is 0.792. The van der Waals surface area contributed by atoms with Crippen molar-refractivity contribution in [1.29, 1.82) is 0 Å². The van der Waals surface area contributed by atoms with Crippen LogP contribution >= 0.6 is 0 Å². The zero-order valence-electron chi connectivity index (χ0n) is 14.3. The Morgan fingerprint density at radius 1 is 1.17 bits per heavy atom. The standard InChI is InChI=1S/C19H29NO3/c1-20(2)13-14-23-18-10-8-17(9-11-18)16-6-3-15(4-7-16)5-12-19(21)22/h8-11,15-16H,3-7,12-14H2,1-2H3,(H,21,22). The Bertz CT molecular complexity index is 476. The summed E-state index contributed by atoms with van der Waals surface area (Å²) in [5.41, 5.74) is 1.39. The van der Waals surface area contributed by atoms with E-state index in [2.05, 4.69) is 29.2 Å². The van der Waals surface area contributed by atoms with E-state index in [1.807, 2.05) is 14.1 Å². The molecule has 0 amide bonds. The molecule has 4 heteroatoms. The highest BCUT2D eigenvalue weighted by Crippen LogP contribution is 2.37. The number of carboxylic acids is 1. The number of carbonyl (C=O) groups is 1. The molecule has 0 aliphatic heterocycles. The molecule has 0 heterocycles. The number of nitrogens with zero attached hydrogens (tertiary/aromatic N) is 1. The molecule has 1 aliphatic rings. The first-order chi connectivity index (χ1) is 11.0. The van der Waals surface area contributed by atoms with Crippen molar-refractivity contribution in [1.82, 2.24) is 4.90 Å². The molecule has 23 heavy (non-hydrogen) atoms. The molecule has 0 spiro atoms. The van der Waals surface area contributed by atoms with Crippen molar-refractivity contribution >= 4 is 5.97 Å². The van der Waals surface area contributed by atoms with Gasteiger partial charge in [0.05, 0.1) is 0 Å². The van der Waals surface area contributed by atoms with E-state index in [0.717, 1.165) is 31.6 Å². The van der Waals surface area contributed by atoms with E-state index < -0.39 is 5.97 Å². The molecule has 4 nitrogen and oxygen atoms in total. The van der Waals surface area contributed by atoms with Gasteiger partial charge in [-0.1, -0.05) is 12.1 Å². The van der Waals surface area contributed by atoms with Crippen molar-refractivity contribution in [2.45, 2.75) is 44.4 Å². The highest BCUT2D eigenvalue weighted by molar-refractivity contribution is 5.66. The van der Waals surface area contributed by atoms with Crippen LogP contribution in [0.3, 0.4) is 0 Å². The topological polar surface area (TPSA) is 49.8 Å². The van der Waals surface area contributed by atoms with Gasteiger partial charge in [0.2, 0.25) is 0 Å². The normalized spacial score (nSPS) is 21.3. The lowest BCUT2D eigenvalue weighted by molar-refractivity contribution is -0.137. The molecule has 0 radical (unpaired) electrons. The molecule has 1 saturated carbocycles. The van der Waals surface area contributed by atoms with Gasteiger partial charge in [0.25, 0.3) is 0 Å². The SMILES string of the molecule is CN(C)CCOc1ccc(C2CCC(CCC(=O)O)CC2)cc1. The second-order valence-electron chi connectivity index (χ2n) is 6.87. The summed E-state index contributed by atoms with van der Waals surface area (Å²) in [5, 5.41) is 8.78. The van der Waals surface area contributed by atoms with Gasteiger partial charge in [-0.15, -0.1) is 0 Å². The number of hydrogen-bond acceptors (Lipinski definition) is 3. The third kappa shape index (κ3) is 6.22. The molecule has 0 bridgehead atoms. The average Bonchev–Trinajstić information content (AvgIpc) is 2.54. The predicted molar refractivity (Wildman–Crippen MR) is 92.1 cm³/mol. The van der Waals surface area contributed by atoms with Crippen LogP contribution in [-0.4, -0.2) is 43.2 Å². The maximum atomic E-state index is 10.7. The molecule has 128 valence electrons. The Balaban J connectivity index is 1.76. The Labute approximate surface area is 139 Å². The summed E-state index contributed by atoms with van der Waals surface area (Å²) in [4.78, 5) is 12.8. The summed E-state index contributed by atoms with van der Waals surface area (Å²) >= 11 is 0. The van der Waals surface area contributed by atoms with Crippen molar-refractivity contribution in [3.63, 3.8) is 0 Å². The number of hydrogen-bond donors (Lipinski definition) is 1. The van der Waals surface area contributed by atoms with Crippen LogP contribution in [0.1, 0.15) is 50.0 Å². The first-order valence-electron chi connectivity index (χ1n) is 8.64. The van der Waals surface area contributed by atoms with Crippen LogP contribution in [0.4, 0.5) is 0 Å². The lowest BCUT2D eigenvalue weighted by atomic mass is 9.77. The van der Waals surface area contributed by atoms with Gasteiger partial charge in [-0.05, 0) is 75.7 Å². The van der Waals surface area contributed by atoms with E-state index >= 15 is 0 Å². The summed E-state index contributed by atoms with van der Waals surface area (Å²) in [6.07, 6.45) is 5.79. The minimum absolute atomic E-state index is 0.314. The first-order valence-corrected chi connectivity index (χ1v) is 8.64. The number of rotatable bonds is 8.